The van der Waals surface area contributed by atoms with Crippen molar-refractivity contribution in [1.82, 2.24) is 14.8 Å². The molecule has 5 nitrogen and oxygen atoms in total. The van der Waals surface area contributed by atoms with Gasteiger partial charge < -0.3 is 9.84 Å². The molecule has 1 unspecified atom stereocenters. The Bertz CT molecular complexity index is 783. The predicted octanol–water partition coefficient (Wildman–Crippen LogP) is 2.24. The first kappa shape index (κ1) is 12.1. The Hall–Kier alpha value is -2.66. The van der Waals surface area contributed by atoms with Gasteiger partial charge in [-0.3, -0.25) is 4.57 Å². The van der Waals surface area contributed by atoms with Crippen LogP contribution in [-0.2, 0) is 6.61 Å². The molecule has 1 aliphatic rings. The Morgan fingerprint density at radius 2 is 1.76 bits per heavy atom. The molecule has 1 N–H and O–H groups in total. The highest BCUT2D eigenvalue weighted by atomic mass is 16.5. The highest BCUT2D eigenvalue weighted by molar-refractivity contribution is 5.50. The molecule has 0 radical (unpaired) electrons. The van der Waals surface area contributed by atoms with Crippen molar-refractivity contribution in [3.05, 3.63) is 71.8 Å². The average Bonchev–Trinajstić information content (AvgIpc) is 2.99. The molecule has 2 aromatic carbocycles. The number of hydrogen-bond acceptors (Lipinski definition) is 4. The fourth-order valence-corrected chi connectivity index (χ4v) is 2.55. The van der Waals surface area contributed by atoms with Gasteiger partial charge in [-0.2, -0.15) is 0 Å². The number of benzene rings is 2. The summed E-state index contributed by atoms with van der Waals surface area (Å²) in [7, 11) is 0. The number of aromatic nitrogens is 3. The van der Waals surface area contributed by atoms with E-state index in [0.717, 1.165) is 17.0 Å². The maximum atomic E-state index is 10.6. The predicted molar refractivity (Wildman–Crippen MR) is 76.2 cm³/mol. The second kappa shape index (κ2) is 4.71. The lowest BCUT2D eigenvalue weighted by atomic mass is 10.1. The van der Waals surface area contributed by atoms with E-state index >= 15 is 0 Å². The van der Waals surface area contributed by atoms with E-state index in [9.17, 15) is 5.11 Å². The molecule has 0 fully saturated rings. The van der Waals surface area contributed by atoms with Gasteiger partial charge in [-0.25, -0.2) is 0 Å². The number of aliphatic hydroxyl groups excluding tert-OH is 1. The van der Waals surface area contributed by atoms with Gasteiger partial charge in [-0.1, -0.05) is 42.5 Å². The molecule has 0 bridgehead atoms. The van der Waals surface area contributed by atoms with Gasteiger partial charge in [0.2, 0.25) is 0 Å². The minimum Gasteiger partial charge on any atom is -0.483 e. The maximum absolute atomic E-state index is 10.6. The molecule has 2 heterocycles. The molecular weight excluding hydrogens is 266 g/mol. The molecule has 0 amide bonds. The van der Waals surface area contributed by atoms with Crippen LogP contribution in [0.15, 0.2) is 54.6 Å². The van der Waals surface area contributed by atoms with Crippen LogP contribution in [-0.4, -0.2) is 19.9 Å². The van der Waals surface area contributed by atoms with Crippen molar-refractivity contribution in [3.8, 4) is 11.4 Å². The van der Waals surface area contributed by atoms with Gasteiger partial charge in [0.1, 0.15) is 18.5 Å². The number of hydrogen-bond donors (Lipinski definition) is 1. The monoisotopic (exact) mass is 279 g/mol. The van der Waals surface area contributed by atoms with Crippen LogP contribution in [0.3, 0.4) is 0 Å². The van der Waals surface area contributed by atoms with Crippen LogP contribution in [0.25, 0.3) is 5.69 Å². The minimum atomic E-state index is -0.821. The van der Waals surface area contributed by atoms with Crippen LogP contribution in [0.5, 0.6) is 5.75 Å². The minimum absolute atomic E-state index is 0.353. The van der Waals surface area contributed by atoms with Crippen molar-refractivity contribution in [2.45, 2.75) is 12.7 Å². The Kier molecular flexibility index (Phi) is 2.72. The summed E-state index contributed by atoms with van der Waals surface area (Å²) in [6.45, 7) is 0.353. The highest BCUT2D eigenvalue weighted by Gasteiger charge is 2.26. The lowest BCUT2D eigenvalue weighted by molar-refractivity contribution is 0.205. The molecule has 0 saturated heterocycles. The normalized spacial score (nSPS) is 14.0. The summed E-state index contributed by atoms with van der Waals surface area (Å²) >= 11 is 0. The van der Waals surface area contributed by atoms with Crippen LogP contribution in [0.2, 0.25) is 0 Å². The van der Waals surface area contributed by atoms with Gasteiger partial charge in [0.15, 0.2) is 11.6 Å². The summed E-state index contributed by atoms with van der Waals surface area (Å²) in [5, 5.41) is 18.9. The van der Waals surface area contributed by atoms with E-state index in [1.165, 1.54) is 0 Å². The Morgan fingerprint density at radius 1 is 1.00 bits per heavy atom. The quantitative estimate of drug-likeness (QED) is 0.781. The second-order valence-corrected chi connectivity index (χ2v) is 4.88. The molecule has 0 spiro atoms. The summed E-state index contributed by atoms with van der Waals surface area (Å²) < 4.78 is 7.52. The van der Waals surface area contributed by atoms with Gasteiger partial charge in [-0.15, -0.1) is 10.2 Å². The molecule has 1 atom stereocenters. The molecule has 21 heavy (non-hydrogen) atoms. The van der Waals surface area contributed by atoms with E-state index in [4.69, 9.17) is 4.74 Å². The first-order chi connectivity index (χ1) is 10.3. The van der Waals surface area contributed by atoms with Crippen LogP contribution < -0.4 is 4.74 Å². The standard InChI is InChI=1S/C16H13N3O2/c20-15(11-6-2-1-3-7-11)16-18-17-14-10-21-13-9-5-4-8-12(13)19(14)16/h1-9,15,20H,10H2. The van der Waals surface area contributed by atoms with E-state index in [2.05, 4.69) is 10.2 Å². The smallest absolute Gasteiger partial charge is 0.175 e. The molecule has 0 aliphatic carbocycles. The Labute approximate surface area is 121 Å². The fraction of sp³-hybridized carbons (Fsp3) is 0.125. The van der Waals surface area contributed by atoms with Crippen molar-refractivity contribution < 1.29 is 9.84 Å². The van der Waals surface area contributed by atoms with Crippen LogP contribution in [0, 0.1) is 0 Å². The molecule has 0 saturated carbocycles. The Balaban J connectivity index is 1.86. The third-order valence-electron chi connectivity index (χ3n) is 3.58. The van der Waals surface area contributed by atoms with Crippen molar-refractivity contribution >= 4 is 0 Å². The van der Waals surface area contributed by atoms with E-state index in [1.54, 1.807) is 0 Å². The molecule has 4 rings (SSSR count). The Morgan fingerprint density at radius 3 is 2.62 bits per heavy atom. The maximum Gasteiger partial charge on any atom is 0.175 e. The summed E-state index contributed by atoms with van der Waals surface area (Å²) in [5.41, 5.74) is 1.64. The number of nitrogens with zero attached hydrogens (tertiary/aromatic N) is 3. The van der Waals surface area contributed by atoms with Gasteiger partial charge in [0, 0.05) is 0 Å². The van der Waals surface area contributed by atoms with Crippen LogP contribution in [0.1, 0.15) is 23.3 Å². The summed E-state index contributed by atoms with van der Waals surface area (Å²) in [6, 6.07) is 17.1. The van der Waals surface area contributed by atoms with Gasteiger partial charge in [0.25, 0.3) is 0 Å². The molecule has 5 heteroatoms. The highest BCUT2D eigenvalue weighted by Crippen LogP contribution is 2.32. The third-order valence-corrected chi connectivity index (χ3v) is 3.58. The fourth-order valence-electron chi connectivity index (χ4n) is 2.55. The topological polar surface area (TPSA) is 60.2 Å². The number of aliphatic hydroxyl groups is 1. The lowest BCUT2D eigenvalue weighted by Crippen LogP contribution is -2.17. The van der Waals surface area contributed by atoms with E-state index in [-0.39, 0.29) is 0 Å². The van der Waals surface area contributed by atoms with Crippen molar-refractivity contribution in [2.75, 3.05) is 0 Å². The summed E-state index contributed by atoms with van der Waals surface area (Å²) in [6.07, 6.45) is -0.821. The first-order valence-electron chi connectivity index (χ1n) is 6.74. The number of fused-ring (bicyclic) bond motifs is 3. The summed E-state index contributed by atoms with van der Waals surface area (Å²) in [4.78, 5) is 0. The van der Waals surface area contributed by atoms with Crippen LogP contribution in [0.4, 0.5) is 0 Å². The SMILES string of the molecule is OC(c1ccccc1)c1nnc2n1-c1ccccc1OC2. The zero-order valence-electron chi connectivity index (χ0n) is 11.2. The lowest BCUT2D eigenvalue weighted by Gasteiger charge is -2.21. The number of ether oxygens (including phenoxy) is 1. The van der Waals surface area contributed by atoms with E-state index in [1.807, 2.05) is 59.2 Å². The van der Waals surface area contributed by atoms with E-state index < -0.39 is 6.10 Å². The number of rotatable bonds is 2. The zero-order valence-corrected chi connectivity index (χ0v) is 11.2. The van der Waals surface area contributed by atoms with Gasteiger partial charge in [-0.05, 0) is 17.7 Å². The van der Waals surface area contributed by atoms with E-state index in [0.29, 0.717) is 18.3 Å². The van der Waals surface area contributed by atoms with Crippen molar-refractivity contribution in [3.63, 3.8) is 0 Å². The second-order valence-electron chi connectivity index (χ2n) is 4.88. The first-order valence-corrected chi connectivity index (χ1v) is 6.74. The van der Waals surface area contributed by atoms with Crippen molar-refractivity contribution in [1.29, 1.82) is 0 Å². The third kappa shape index (κ3) is 1.90. The molecule has 1 aliphatic heterocycles. The zero-order chi connectivity index (χ0) is 14.2. The molecule has 104 valence electrons. The van der Waals surface area contributed by atoms with Crippen LogP contribution >= 0.6 is 0 Å². The average molecular weight is 279 g/mol. The van der Waals surface area contributed by atoms with Gasteiger partial charge in [0.05, 0.1) is 5.69 Å². The summed E-state index contributed by atoms with van der Waals surface area (Å²) in [5.74, 6) is 1.97. The number of para-hydroxylation sites is 2. The molecule has 3 aromatic rings. The van der Waals surface area contributed by atoms with Crippen molar-refractivity contribution in [2.24, 2.45) is 0 Å². The molecule has 1 aromatic heterocycles. The van der Waals surface area contributed by atoms with Gasteiger partial charge >= 0.3 is 0 Å². The largest absolute Gasteiger partial charge is 0.483 e. The molecular formula is C16H13N3O2.